The van der Waals surface area contributed by atoms with Crippen LogP contribution in [-0.2, 0) is 0 Å². The third kappa shape index (κ3) is 3.69. The Morgan fingerprint density at radius 1 is 1.16 bits per heavy atom. The molecule has 0 radical (unpaired) electrons. The first kappa shape index (κ1) is 14.8. The summed E-state index contributed by atoms with van der Waals surface area (Å²) in [6, 6.07) is 6.67. The van der Waals surface area contributed by atoms with Gasteiger partial charge in [-0.15, -0.1) is 0 Å². The van der Waals surface area contributed by atoms with Crippen LogP contribution in [-0.4, -0.2) is 10.9 Å². The van der Waals surface area contributed by atoms with Gasteiger partial charge in [0.05, 0.1) is 21.9 Å². The lowest BCUT2D eigenvalue weighted by atomic mass is 10.2. The van der Waals surface area contributed by atoms with Crippen molar-refractivity contribution in [3.63, 3.8) is 0 Å². The standard InChI is InChI=1S/C12H6Br2Cl2N2O/c13-9-2-1-6(15)3-8(9)12(19)18-7-4-10(14)11(16)17-5-7/h1-5H,(H,18,19). The van der Waals surface area contributed by atoms with Crippen molar-refractivity contribution >= 4 is 66.7 Å². The van der Waals surface area contributed by atoms with E-state index in [1.165, 1.54) is 6.20 Å². The molecule has 0 unspecified atom stereocenters. The summed E-state index contributed by atoms with van der Waals surface area (Å²) in [4.78, 5) is 16.0. The molecule has 3 nitrogen and oxygen atoms in total. The van der Waals surface area contributed by atoms with Crippen LogP contribution in [0.2, 0.25) is 10.2 Å². The van der Waals surface area contributed by atoms with E-state index in [1.807, 2.05) is 0 Å². The summed E-state index contributed by atoms with van der Waals surface area (Å²) in [6.45, 7) is 0. The largest absolute Gasteiger partial charge is 0.321 e. The van der Waals surface area contributed by atoms with E-state index in [2.05, 4.69) is 42.2 Å². The number of carbonyl (C=O) groups excluding carboxylic acids is 1. The summed E-state index contributed by atoms with van der Waals surface area (Å²) in [6.07, 6.45) is 1.48. The van der Waals surface area contributed by atoms with Gasteiger partial charge in [0.2, 0.25) is 0 Å². The van der Waals surface area contributed by atoms with Crippen LogP contribution in [0.4, 0.5) is 5.69 Å². The smallest absolute Gasteiger partial charge is 0.256 e. The van der Waals surface area contributed by atoms with Gasteiger partial charge in [0.1, 0.15) is 5.15 Å². The monoisotopic (exact) mass is 422 g/mol. The molecule has 2 rings (SSSR count). The van der Waals surface area contributed by atoms with Crippen LogP contribution in [0.1, 0.15) is 10.4 Å². The maximum absolute atomic E-state index is 12.1. The average Bonchev–Trinajstić information content (AvgIpc) is 2.36. The van der Waals surface area contributed by atoms with Gasteiger partial charge in [0.15, 0.2) is 0 Å². The minimum absolute atomic E-state index is 0.287. The van der Waals surface area contributed by atoms with E-state index in [9.17, 15) is 4.79 Å². The van der Waals surface area contributed by atoms with Crippen molar-refractivity contribution < 1.29 is 4.79 Å². The number of hydrogen-bond acceptors (Lipinski definition) is 2. The molecule has 98 valence electrons. The molecular formula is C12H6Br2Cl2N2O. The molecule has 1 N–H and O–H groups in total. The first-order valence-corrected chi connectivity index (χ1v) is 7.39. The first-order valence-electron chi connectivity index (χ1n) is 5.05. The second-order valence-electron chi connectivity index (χ2n) is 3.57. The van der Waals surface area contributed by atoms with E-state index in [0.29, 0.717) is 30.4 Å². The van der Waals surface area contributed by atoms with Crippen molar-refractivity contribution in [1.29, 1.82) is 0 Å². The summed E-state index contributed by atoms with van der Waals surface area (Å²) in [5, 5.41) is 3.54. The summed E-state index contributed by atoms with van der Waals surface area (Å²) < 4.78 is 1.27. The highest BCUT2D eigenvalue weighted by Crippen LogP contribution is 2.25. The lowest BCUT2D eigenvalue weighted by molar-refractivity contribution is 0.102. The maximum Gasteiger partial charge on any atom is 0.256 e. The second-order valence-corrected chi connectivity index (χ2v) is 6.08. The minimum Gasteiger partial charge on any atom is -0.321 e. The Morgan fingerprint density at radius 3 is 2.58 bits per heavy atom. The Labute approximate surface area is 136 Å². The van der Waals surface area contributed by atoms with Crippen molar-refractivity contribution in [3.05, 3.63) is 55.1 Å². The zero-order valence-corrected chi connectivity index (χ0v) is 13.9. The summed E-state index contributed by atoms with van der Waals surface area (Å²) in [5.41, 5.74) is 0.978. The van der Waals surface area contributed by atoms with Crippen LogP contribution in [0, 0.1) is 0 Å². The number of hydrogen-bond donors (Lipinski definition) is 1. The molecular weight excluding hydrogens is 419 g/mol. The molecule has 0 saturated heterocycles. The fourth-order valence-electron chi connectivity index (χ4n) is 1.36. The zero-order valence-electron chi connectivity index (χ0n) is 9.25. The number of carbonyl (C=O) groups is 1. The average molecular weight is 425 g/mol. The predicted molar refractivity (Wildman–Crippen MR) is 84.1 cm³/mol. The van der Waals surface area contributed by atoms with E-state index in [4.69, 9.17) is 23.2 Å². The fourth-order valence-corrected chi connectivity index (χ4v) is 2.41. The molecule has 1 heterocycles. The van der Waals surface area contributed by atoms with Crippen molar-refractivity contribution in [2.75, 3.05) is 5.32 Å². The van der Waals surface area contributed by atoms with Gasteiger partial charge in [0.25, 0.3) is 5.91 Å². The quantitative estimate of drug-likeness (QED) is 0.676. The van der Waals surface area contributed by atoms with Crippen LogP contribution in [0.25, 0.3) is 0 Å². The molecule has 7 heteroatoms. The van der Waals surface area contributed by atoms with E-state index >= 15 is 0 Å². The van der Waals surface area contributed by atoms with Crippen LogP contribution in [0.15, 0.2) is 39.4 Å². The Balaban J connectivity index is 2.25. The molecule has 0 aliphatic rings. The third-order valence-corrected chi connectivity index (χ3v) is 4.29. The van der Waals surface area contributed by atoms with E-state index < -0.39 is 0 Å². The van der Waals surface area contributed by atoms with Gasteiger partial charge in [-0.05, 0) is 56.1 Å². The van der Waals surface area contributed by atoms with Crippen molar-refractivity contribution in [2.45, 2.75) is 0 Å². The Bertz CT molecular complexity index is 650. The molecule has 1 aromatic carbocycles. The predicted octanol–water partition coefficient (Wildman–Crippen LogP) is 5.17. The number of amides is 1. The van der Waals surface area contributed by atoms with Crippen LogP contribution in [0.3, 0.4) is 0 Å². The number of rotatable bonds is 2. The molecule has 1 amide bonds. The van der Waals surface area contributed by atoms with Gasteiger partial charge in [-0.2, -0.15) is 0 Å². The highest BCUT2D eigenvalue weighted by Gasteiger charge is 2.12. The molecule has 2 aromatic rings. The molecule has 1 aromatic heterocycles. The van der Waals surface area contributed by atoms with Crippen LogP contribution >= 0.6 is 55.1 Å². The van der Waals surface area contributed by atoms with Gasteiger partial charge in [-0.3, -0.25) is 4.79 Å². The maximum atomic E-state index is 12.1. The molecule has 0 spiro atoms. The Kier molecular flexibility index (Phi) is 4.84. The highest BCUT2D eigenvalue weighted by molar-refractivity contribution is 9.10. The number of nitrogens with one attached hydrogen (secondary N) is 1. The van der Waals surface area contributed by atoms with Crippen molar-refractivity contribution in [3.8, 4) is 0 Å². The van der Waals surface area contributed by atoms with Gasteiger partial charge in [-0.1, -0.05) is 23.2 Å². The van der Waals surface area contributed by atoms with Gasteiger partial charge in [-0.25, -0.2) is 4.98 Å². The highest BCUT2D eigenvalue weighted by atomic mass is 79.9. The molecule has 0 aliphatic carbocycles. The van der Waals surface area contributed by atoms with Gasteiger partial charge in [0, 0.05) is 9.50 Å². The number of pyridine rings is 1. The fraction of sp³-hybridized carbons (Fsp3) is 0. The zero-order chi connectivity index (χ0) is 14.0. The molecule has 0 bridgehead atoms. The number of nitrogens with zero attached hydrogens (tertiary/aromatic N) is 1. The number of aromatic nitrogens is 1. The molecule has 0 fully saturated rings. The lowest BCUT2D eigenvalue weighted by Crippen LogP contribution is -2.12. The molecule has 0 saturated carbocycles. The first-order chi connectivity index (χ1) is 8.97. The van der Waals surface area contributed by atoms with E-state index in [0.717, 1.165) is 0 Å². The summed E-state index contributed by atoms with van der Waals surface area (Å²) >= 11 is 18.2. The lowest BCUT2D eigenvalue weighted by Gasteiger charge is -2.07. The van der Waals surface area contributed by atoms with E-state index in [-0.39, 0.29) is 5.91 Å². The number of benzene rings is 1. The van der Waals surface area contributed by atoms with Gasteiger partial charge < -0.3 is 5.32 Å². The minimum atomic E-state index is -0.287. The molecule has 0 atom stereocenters. The normalized spacial score (nSPS) is 10.3. The molecule has 0 aliphatic heterocycles. The topological polar surface area (TPSA) is 42.0 Å². The van der Waals surface area contributed by atoms with Crippen molar-refractivity contribution in [2.24, 2.45) is 0 Å². The summed E-state index contributed by atoms with van der Waals surface area (Å²) in [7, 11) is 0. The van der Waals surface area contributed by atoms with Gasteiger partial charge >= 0.3 is 0 Å². The van der Waals surface area contributed by atoms with Crippen molar-refractivity contribution in [1.82, 2.24) is 4.98 Å². The Morgan fingerprint density at radius 2 is 1.89 bits per heavy atom. The number of halogens is 4. The van der Waals surface area contributed by atoms with E-state index in [1.54, 1.807) is 24.3 Å². The van der Waals surface area contributed by atoms with Crippen LogP contribution in [0.5, 0.6) is 0 Å². The number of anilines is 1. The molecule has 19 heavy (non-hydrogen) atoms. The van der Waals surface area contributed by atoms with Crippen LogP contribution < -0.4 is 5.32 Å². The SMILES string of the molecule is O=C(Nc1cnc(Cl)c(Br)c1)c1cc(Cl)ccc1Br. The summed E-state index contributed by atoms with van der Waals surface area (Å²) in [5.74, 6) is -0.287. The Hall–Kier alpha value is -0.620. The second kappa shape index (κ2) is 6.22. The third-order valence-electron chi connectivity index (χ3n) is 2.23.